The van der Waals surface area contributed by atoms with Crippen molar-refractivity contribution in [1.29, 1.82) is 0 Å². The van der Waals surface area contributed by atoms with E-state index < -0.39 is 21.7 Å². The van der Waals surface area contributed by atoms with Crippen LogP contribution in [0.2, 0.25) is 0 Å². The van der Waals surface area contributed by atoms with E-state index in [0.717, 1.165) is 0 Å². The monoisotopic (exact) mass is 420 g/mol. The number of ether oxygens (including phenoxy) is 2. The number of carbonyl (C=O) groups is 1. The van der Waals surface area contributed by atoms with Crippen LogP contribution in [0.15, 0.2) is 59.5 Å². The molecule has 0 aromatic heterocycles. The molecule has 2 aromatic carbocycles. The van der Waals surface area contributed by atoms with Gasteiger partial charge in [0, 0.05) is 13.1 Å². The second-order valence-electron chi connectivity index (χ2n) is 7.42. The molecule has 0 saturated carbocycles. The SMILES string of the molecule is CC(C)(C)OC(=O)NCCCCNS(=O)(=O)c1ccc(Oc2ccccc2)cc1. The van der Waals surface area contributed by atoms with Gasteiger partial charge >= 0.3 is 6.09 Å². The summed E-state index contributed by atoms with van der Waals surface area (Å²) in [5.74, 6) is 1.24. The number of alkyl carbamates (subject to hydrolysis) is 1. The zero-order valence-electron chi connectivity index (χ0n) is 17.0. The summed E-state index contributed by atoms with van der Waals surface area (Å²) >= 11 is 0. The predicted octanol–water partition coefficient (Wildman–Crippen LogP) is 4.06. The van der Waals surface area contributed by atoms with Gasteiger partial charge in [-0.15, -0.1) is 0 Å². The van der Waals surface area contributed by atoms with E-state index in [0.29, 0.717) is 30.9 Å². The van der Waals surface area contributed by atoms with E-state index in [1.807, 2.05) is 30.3 Å². The second kappa shape index (κ2) is 10.3. The molecule has 0 unspecified atom stereocenters. The molecule has 0 fully saturated rings. The Kier molecular flexibility index (Phi) is 8.04. The molecule has 158 valence electrons. The minimum absolute atomic E-state index is 0.171. The maximum absolute atomic E-state index is 12.4. The van der Waals surface area contributed by atoms with Crippen LogP contribution in [-0.4, -0.2) is 33.2 Å². The molecule has 29 heavy (non-hydrogen) atoms. The van der Waals surface area contributed by atoms with E-state index in [9.17, 15) is 13.2 Å². The highest BCUT2D eigenvalue weighted by Gasteiger charge is 2.16. The van der Waals surface area contributed by atoms with Crippen molar-refractivity contribution in [3.8, 4) is 11.5 Å². The van der Waals surface area contributed by atoms with E-state index in [1.165, 1.54) is 12.1 Å². The summed E-state index contributed by atoms with van der Waals surface area (Å²) in [4.78, 5) is 11.7. The van der Waals surface area contributed by atoms with Crippen LogP contribution in [0.25, 0.3) is 0 Å². The molecule has 0 aliphatic rings. The van der Waals surface area contributed by atoms with E-state index >= 15 is 0 Å². The molecule has 0 atom stereocenters. The summed E-state index contributed by atoms with van der Waals surface area (Å²) < 4.78 is 38.1. The lowest BCUT2D eigenvalue weighted by molar-refractivity contribution is 0.0527. The lowest BCUT2D eigenvalue weighted by Gasteiger charge is -2.19. The average Bonchev–Trinajstić information content (AvgIpc) is 2.64. The van der Waals surface area contributed by atoms with Crippen LogP contribution in [0.1, 0.15) is 33.6 Å². The lowest BCUT2D eigenvalue weighted by Crippen LogP contribution is -2.33. The Bertz CT molecular complexity index is 876. The fourth-order valence-electron chi connectivity index (χ4n) is 2.36. The van der Waals surface area contributed by atoms with Crippen LogP contribution in [0.3, 0.4) is 0 Å². The summed E-state index contributed by atoms with van der Waals surface area (Å²) in [5, 5.41) is 2.64. The number of benzene rings is 2. The number of unbranched alkanes of at least 4 members (excludes halogenated alkanes) is 1. The number of carbonyl (C=O) groups excluding carboxylic acids is 1. The molecule has 2 N–H and O–H groups in total. The molecular formula is C21H28N2O5S. The van der Waals surface area contributed by atoms with Crippen molar-refractivity contribution < 1.29 is 22.7 Å². The molecule has 0 aliphatic heterocycles. The molecule has 0 spiro atoms. The molecule has 0 heterocycles. The van der Waals surface area contributed by atoms with Gasteiger partial charge in [0.1, 0.15) is 17.1 Å². The highest BCUT2D eigenvalue weighted by atomic mass is 32.2. The summed E-state index contributed by atoms with van der Waals surface area (Å²) in [5.41, 5.74) is -0.540. The largest absolute Gasteiger partial charge is 0.457 e. The van der Waals surface area contributed by atoms with Gasteiger partial charge in [0.15, 0.2) is 0 Å². The van der Waals surface area contributed by atoms with Crippen molar-refractivity contribution in [2.24, 2.45) is 0 Å². The number of para-hydroxylation sites is 1. The van der Waals surface area contributed by atoms with Gasteiger partial charge < -0.3 is 14.8 Å². The number of rotatable bonds is 9. The first-order chi connectivity index (χ1) is 13.7. The highest BCUT2D eigenvalue weighted by molar-refractivity contribution is 7.89. The van der Waals surface area contributed by atoms with Crippen molar-refractivity contribution in [3.05, 3.63) is 54.6 Å². The fourth-order valence-corrected chi connectivity index (χ4v) is 3.43. The molecule has 0 aliphatic carbocycles. The van der Waals surface area contributed by atoms with Crippen molar-refractivity contribution in [2.45, 2.75) is 44.1 Å². The standard InChI is InChI=1S/C21H28N2O5S/c1-21(2,3)28-20(24)22-15-7-8-16-23-29(25,26)19-13-11-18(12-14-19)27-17-9-5-4-6-10-17/h4-6,9-14,23H,7-8,15-16H2,1-3H3,(H,22,24). The van der Waals surface area contributed by atoms with Crippen LogP contribution in [0, 0.1) is 0 Å². The molecule has 0 radical (unpaired) electrons. The Hall–Kier alpha value is -2.58. The fraction of sp³-hybridized carbons (Fsp3) is 0.381. The van der Waals surface area contributed by atoms with Crippen LogP contribution < -0.4 is 14.8 Å². The molecule has 1 amide bonds. The van der Waals surface area contributed by atoms with Crippen molar-refractivity contribution in [1.82, 2.24) is 10.0 Å². The molecule has 2 aromatic rings. The molecule has 2 rings (SSSR count). The number of hydrogen-bond donors (Lipinski definition) is 2. The minimum atomic E-state index is -3.60. The minimum Gasteiger partial charge on any atom is -0.457 e. The van der Waals surface area contributed by atoms with E-state index in [1.54, 1.807) is 32.9 Å². The second-order valence-corrected chi connectivity index (χ2v) is 9.19. The topological polar surface area (TPSA) is 93.7 Å². The maximum Gasteiger partial charge on any atom is 0.407 e. The molecule has 0 saturated heterocycles. The van der Waals surface area contributed by atoms with Gasteiger partial charge in [-0.25, -0.2) is 17.9 Å². The number of amides is 1. The lowest BCUT2D eigenvalue weighted by atomic mass is 10.2. The van der Waals surface area contributed by atoms with Gasteiger partial charge in [-0.2, -0.15) is 0 Å². The Morgan fingerprint density at radius 1 is 0.897 bits per heavy atom. The third-order valence-electron chi connectivity index (χ3n) is 3.68. The van der Waals surface area contributed by atoms with Crippen molar-refractivity contribution in [3.63, 3.8) is 0 Å². The van der Waals surface area contributed by atoms with Crippen molar-refractivity contribution in [2.75, 3.05) is 13.1 Å². The molecular weight excluding hydrogens is 392 g/mol. The third kappa shape index (κ3) is 8.53. The molecule has 0 bridgehead atoms. The van der Waals surface area contributed by atoms with Gasteiger partial charge in [0.25, 0.3) is 0 Å². The van der Waals surface area contributed by atoms with Gasteiger partial charge in [-0.3, -0.25) is 0 Å². The van der Waals surface area contributed by atoms with Gasteiger partial charge in [-0.1, -0.05) is 18.2 Å². The summed E-state index contributed by atoms with van der Waals surface area (Å²) in [6, 6.07) is 15.5. The van der Waals surface area contributed by atoms with E-state index in [-0.39, 0.29) is 11.4 Å². The molecule has 8 heteroatoms. The van der Waals surface area contributed by atoms with Gasteiger partial charge in [0.2, 0.25) is 10.0 Å². The Morgan fingerprint density at radius 3 is 2.10 bits per heavy atom. The van der Waals surface area contributed by atoms with Crippen LogP contribution in [0.4, 0.5) is 4.79 Å². The van der Waals surface area contributed by atoms with Crippen LogP contribution >= 0.6 is 0 Å². The maximum atomic E-state index is 12.4. The first-order valence-electron chi connectivity index (χ1n) is 9.45. The Morgan fingerprint density at radius 2 is 1.48 bits per heavy atom. The molecule has 7 nitrogen and oxygen atoms in total. The Labute approximate surface area is 172 Å². The normalized spacial score (nSPS) is 11.7. The first kappa shape index (κ1) is 22.7. The highest BCUT2D eigenvalue weighted by Crippen LogP contribution is 2.22. The number of nitrogens with one attached hydrogen (secondary N) is 2. The van der Waals surface area contributed by atoms with E-state index in [4.69, 9.17) is 9.47 Å². The summed E-state index contributed by atoms with van der Waals surface area (Å²) in [6.45, 7) is 6.08. The quantitative estimate of drug-likeness (QED) is 0.597. The van der Waals surface area contributed by atoms with E-state index in [2.05, 4.69) is 10.0 Å². The predicted molar refractivity (Wildman–Crippen MR) is 112 cm³/mol. The Balaban J connectivity index is 1.73. The number of sulfonamides is 1. The van der Waals surface area contributed by atoms with Crippen LogP contribution in [0.5, 0.6) is 11.5 Å². The first-order valence-corrected chi connectivity index (χ1v) is 10.9. The average molecular weight is 421 g/mol. The number of hydrogen-bond acceptors (Lipinski definition) is 5. The zero-order valence-corrected chi connectivity index (χ0v) is 17.8. The zero-order chi connectivity index (χ0) is 21.3. The third-order valence-corrected chi connectivity index (χ3v) is 5.15. The van der Waals surface area contributed by atoms with Crippen LogP contribution in [-0.2, 0) is 14.8 Å². The van der Waals surface area contributed by atoms with Gasteiger partial charge in [-0.05, 0) is 70.0 Å². The van der Waals surface area contributed by atoms with Crippen molar-refractivity contribution >= 4 is 16.1 Å². The smallest absolute Gasteiger partial charge is 0.407 e. The summed E-state index contributed by atoms with van der Waals surface area (Å²) in [7, 11) is -3.60. The summed E-state index contributed by atoms with van der Waals surface area (Å²) in [6.07, 6.45) is 0.742. The van der Waals surface area contributed by atoms with Gasteiger partial charge in [0.05, 0.1) is 4.90 Å².